The van der Waals surface area contributed by atoms with Crippen molar-refractivity contribution in [2.24, 2.45) is 5.41 Å². The van der Waals surface area contributed by atoms with E-state index in [9.17, 15) is 28.2 Å². The normalized spacial score (nSPS) is 18.1. The quantitative estimate of drug-likeness (QED) is 0.603. The van der Waals surface area contributed by atoms with E-state index < -0.39 is 41.6 Å². The fraction of sp³-hybridized carbons (Fsp3) is 0.667. The molecule has 1 aromatic rings. The summed E-state index contributed by atoms with van der Waals surface area (Å²) in [5, 5.41) is 19.7. The van der Waals surface area contributed by atoms with Gasteiger partial charge in [0.1, 0.15) is 11.4 Å². The van der Waals surface area contributed by atoms with Crippen molar-refractivity contribution in [3.63, 3.8) is 0 Å². The summed E-state index contributed by atoms with van der Waals surface area (Å²) in [4.78, 5) is 12.9. The van der Waals surface area contributed by atoms with Gasteiger partial charge in [-0.05, 0) is 64.2 Å². The minimum absolute atomic E-state index is 0.0467. The monoisotopic (exact) mass is 404 g/mol. The number of phenolic OH excluding ortho intramolecular Hbond substituents is 1. The molecular weight excluding hydrogens is 373 g/mol. The molecule has 1 aromatic carbocycles. The first-order valence-electron chi connectivity index (χ1n) is 9.34. The molecule has 7 heteroatoms. The van der Waals surface area contributed by atoms with Crippen molar-refractivity contribution in [3.05, 3.63) is 29.8 Å². The van der Waals surface area contributed by atoms with Gasteiger partial charge in [-0.3, -0.25) is 4.79 Å². The predicted octanol–water partition coefficient (Wildman–Crippen LogP) is 5.33. The lowest BCUT2D eigenvalue weighted by atomic mass is 9.71. The Bertz CT molecular complexity index is 664. The van der Waals surface area contributed by atoms with Crippen LogP contribution in [0.5, 0.6) is 5.75 Å². The van der Waals surface area contributed by atoms with Gasteiger partial charge in [-0.25, -0.2) is 0 Å². The summed E-state index contributed by atoms with van der Waals surface area (Å²) in [6.45, 7) is 9.36. The molecule has 1 rings (SSSR count). The molecule has 4 nitrogen and oxygen atoms in total. The van der Waals surface area contributed by atoms with Crippen LogP contribution in [0.2, 0.25) is 0 Å². The number of aliphatic hydroxyl groups is 1. The molecule has 0 aliphatic carbocycles. The Morgan fingerprint density at radius 3 is 2.00 bits per heavy atom. The molecule has 0 saturated carbocycles. The van der Waals surface area contributed by atoms with E-state index in [0.29, 0.717) is 0 Å². The van der Waals surface area contributed by atoms with Gasteiger partial charge in [0.2, 0.25) is 0 Å². The fourth-order valence-electron chi connectivity index (χ4n) is 3.30. The molecule has 3 unspecified atom stereocenters. The van der Waals surface area contributed by atoms with Gasteiger partial charge in [0.25, 0.3) is 0 Å². The number of phenols is 1. The van der Waals surface area contributed by atoms with Crippen molar-refractivity contribution in [1.29, 1.82) is 0 Å². The van der Waals surface area contributed by atoms with E-state index in [1.54, 1.807) is 39.8 Å². The van der Waals surface area contributed by atoms with Crippen LogP contribution < -0.4 is 0 Å². The van der Waals surface area contributed by atoms with Crippen LogP contribution in [-0.2, 0) is 9.53 Å². The molecule has 0 heterocycles. The van der Waals surface area contributed by atoms with Gasteiger partial charge in [-0.15, -0.1) is 0 Å². The molecule has 3 atom stereocenters. The van der Waals surface area contributed by atoms with Crippen LogP contribution in [0.4, 0.5) is 13.2 Å². The maximum atomic E-state index is 13.5. The lowest BCUT2D eigenvalue weighted by Gasteiger charge is -2.40. The first-order valence-corrected chi connectivity index (χ1v) is 9.34. The van der Waals surface area contributed by atoms with Crippen LogP contribution in [0.15, 0.2) is 24.3 Å². The van der Waals surface area contributed by atoms with Crippen molar-refractivity contribution >= 4 is 5.97 Å². The number of alkyl halides is 3. The minimum Gasteiger partial charge on any atom is -0.508 e. The zero-order chi connectivity index (χ0) is 22.0. The number of carbonyl (C=O) groups is 1. The minimum atomic E-state index is -4.87. The smallest absolute Gasteiger partial charge is 0.417 e. The summed E-state index contributed by atoms with van der Waals surface area (Å²) in [5.74, 6) is -1.00. The average molecular weight is 404 g/mol. The van der Waals surface area contributed by atoms with Gasteiger partial charge in [0, 0.05) is 6.42 Å². The van der Waals surface area contributed by atoms with Crippen molar-refractivity contribution < 1.29 is 32.9 Å². The number of carbonyl (C=O) groups excluding carboxylic acids is 1. The maximum Gasteiger partial charge on any atom is 0.417 e. The molecule has 0 aliphatic heterocycles. The highest BCUT2D eigenvalue weighted by Crippen LogP contribution is 2.46. The van der Waals surface area contributed by atoms with Crippen LogP contribution >= 0.6 is 0 Å². The van der Waals surface area contributed by atoms with Crippen LogP contribution in [0, 0.1) is 5.41 Å². The number of halogens is 3. The summed E-state index contributed by atoms with van der Waals surface area (Å²) in [7, 11) is 0. The summed E-state index contributed by atoms with van der Waals surface area (Å²) in [6.07, 6.45) is -6.18. The van der Waals surface area contributed by atoms with Crippen LogP contribution in [-0.4, -0.2) is 33.6 Å². The Hall–Kier alpha value is -1.76. The SMILES string of the molecule is CCC(O)(CC(C)(CC(C)c1ccc(O)cc1)C(=O)OC(C)(C)C)C(F)(F)F. The molecule has 0 bridgehead atoms. The Labute approximate surface area is 164 Å². The maximum absolute atomic E-state index is 13.5. The number of ether oxygens (including phenoxy) is 1. The van der Waals surface area contributed by atoms with Gasteiger partial charge in [-0.1, -0.05) is 26.0 Å². The molecule has 160 valence electrons. The molecule has 0 radical (unpaired) electrons. The molecule has 0 spiro atoms. The van der Waals surface area contributed by atoms with E-state index in [-0.39, 0.29) is 18.1 Å². The average Bonchev–Trinajstić information content (AvgIpc) is 2.52. The molecule has 2 N–H and O–H groups in total. The zero-order valence-corrected chi connectivity index (χ0v) is 17.4. The van der Waals surface area contributed by atoms with E-state index in [1.807, 2.05) is 0 Å². The lowest BCUT2D eigenvalue weighted by molar-refractivity contribution is -0.272. The zero-order valence-electron chi connectivity index (χ0n) is 17.4. The predicted molar refractivity (Wildman–Crippen MR) is 101 cm³/mol. The van der Waals surface area contributed by atoms with E-state index in [0.717, 1.165) is 5.56 Å². The lowest BCUT2D eigenvalue weighted by Crippen LogP contribution is -2.51. The Morgan fingerprint density at radius 1 is 1.11 bits per heavy atom. The highest BCUT2D eigenvalue weighted by Gasteiger charge is 2.57. The molecule has 0 aromatic heterocycles. The summed E-state index contributed by atoms with van der Waals surface area (Å²) in [6, 6.07) is 6.28. The van der Waals surface area contributed by atoms with Crippen LogP contribution in [0.25, 0.3) is 0 Å². The van der Waals surface area contributed by atoms with E-state index >= 15 is 0 Å². The number of rotatable bonds is 7. The number of hydrogen-bond donors (Lipinski definition) is 2. The van der Waals surface area contributed by atoms with Crippen molar-refractivity contribution in [2.75, 3.05) is 0 Å². The first kappa shape index (κ1) is 24.3. The van der Waals surface area contributed by atoms with Crippen molar-refractivity contribution in [3.8, 4) is 5.75 Å². The Morgan fingerprint density at radius 2 is 1.61 bits per heavy atom. The molecule has 0 fully saturated rings. The standard InChI is InChI=1S/C21H31F3O4/c1-7-20(27,21(22,23)24)13-19(6,17(26)28-18(3,4)5)12-14(2)15-8-10-16(25)11-9-15/h8-11,14,25,27H,7,12-13H2,1-6H3. The topological polar surface area (TPSA) is 66.8 Å². The number of benzene rings is 1. The third-order valence-corrected chi connectivity index (χ3v) is 4.91. The molecule has 0 saturated heterocycles. The Balaban J connectivity index is 3.26. The van der Waals surface area contributed by atoms with Crippen LogP contribution in [0.3, 0.4) is 0 Å². The highest BCUT2D eigenvalue weighted by atomic mass is 19.4. The second kappa shape index (κ2) is 8.31. The Kier molecular flexibility index (Phi) is 7.21. The van der Waals surface area contributed by atoms with E-state index in [4.69, 9.17) is 4.74 Å². The highest BCUT2D eigenvalue weighted by molar-refractivity contribution is 5.77. The molecule has 28 heavy (non-hydrogen) atoms. The number of aromatic hydroxyl groups is 1. The first-order chi connectivity index (χ1) is 12.5. The number of hydrogen-bond acceptors (Lipinski definition) is 4. The second-order valence-corrected chi connectivity index (χ2v) is 8.82. The third kappa shape index (κ3) is 6.12. The van der Waals surface area contributed by atoms with Gasteiger partial charge >= 0.3 is 12.1 Å². The molecule has 0 aliphatic rings. The summed E-state index contributed by atoms with van der Waals surface area (Å²) in [5.41, 5.74) is -4.67. The third-order valence-electron chi connectivity index (χ3n) is 4.91. The van der Waals surface area contributed by atoms with E-state index in [1.165, 1.54) is 26.0 Å². The largest absolute Gasteiger partial charge is 0.508 e. The van der Waals surface area contributed by atoms with Crippen LogP contribution in [0.1, 0.15) is 72.3 Å². The van der Waals surface area contributed by atoms with Gasteiger partial charge in [0.05, 0.1) is 5.41 Å². The second-order valence-electron chi connectivity index (χ2n) is 8.82. The van der Waals surface area contributed by atoms with Gasteiger partial charge in [-0.2, -0.15) is 13.2 Å². The number of esters is 1. The summed E-state index contributed by atoms with van der Waals surface area (Å²) >= 11 is 0. The van der Waals surface area contributed by atoms with Crippen molar-refractivity contribution in [2.45, 2.75) is 84.1 Å². The molecule has 0 amide bonds. The summed E-state index contributed by atoms with van der Waals surface area (Å²) < 4.78 is 45.9. The molecular formula is C21H31F3O4. The fourth-order valence-corrected chi connectivity index (χ4v) is 3.30. The van der Waals surface area contributed by atoms with Gasteiger partial charge in [0.15, 0.2) is 5.60 Å². The van der Waals surface area contributed by atoms with Crippen molar-refractivity contribution in [1.82, 2.24) is 0 Å². The van der Waals surface area contributed by atoms with E-state index in [2.05, 4.69) is 0 Å². The van der Waals surface area contributed by atoms with Gasteiger partial charge < -0.3 is 14.9 Å².